The van der Waals surface area contributed by atoms with Gasteiger partial charge in [0.25, 0.3) is 0 Å². The van der Waals surface area contributed by atoms with Crippen LogP contribution in [0.1, 0.15) is 58.4 Å². The summed E-state index contributed by atoms with van der Waals surface area (Å²) in [5, 5.41) is 1.62. The van der Waals surface area contributed by atoms with E-state index in [2.05, 4.69) is 22.0 Å². The van der Waals surface area contributed by atoms with Crippen LogP contribution >= 0.6 is 38.6 Å². The van der Waals surface area contributed by atoms with Crippen molar-refractivity contribution in [1.82, 2.24) is 9.88 Å². The molecule has 2 N–H and O–H groups in total. The number of carbonyl (C=O) groups is 2. The number of benzene rings is 1. The summed E-state index contributed by atoms with van der Waals surface area (Å²) in [5.41, 5.74) is 7.58. The van der Waals surface area contributed by atoms with Gasteiger partial charge >= 0.3 is 12.2 Å². The standard InChI is InChI=1S/C27H35BrN4O4S2/c1-26(2,3)35-24(33)31-13-10-17-20(15-31)38-23(32(12-7-11-29)25(34)36-27(4,5)6)21(17)22-30-18-9-8-16(28)14-19(18)37-22/h8-9,14H,7,10-13,15,29H2,1-6H3. The monoisotopic (exact) mass is 622 g/mol. The third kappa shape index (κ3) is 6.67. The Morgan fingerprint density at radius 3 is 2.50 bits per heavy atom. The fraction of sp³-hybridized carbons (Fsp3) is 0.519. The minimum Gasteiger partial charge on any atom is -0.444 e. The molecule has 3 heterocycles. The summed E-state index contributed by atoms with van der Waals surface area (Å²) in [7, 11) is 0. The largest absolute Gasteiger partial charge is 0.444 e. The van der Waals surface area contributed by atoms with Crippen LogP contribution in [0.15, 0.2) is 22.7 Å². The van der Waals surface area contributed by atoms with Gasteiger partial charge in [-0.2, -0.15) is 0 Å². The molecular formula is C27H35BrN4O4S2. The Kier molecular flexibility index (Phi) is 8.42. The second-order valence-electron chi connectivity index (χ2n) is 11.2. The van der Waals surface area contributed by atoms with Gasteiger partial charge in [0.05, 0.1) is 16.8 Å². The second kappa shape index (κ2) is 11.1. The molecule has 11 heteroatoms. The molecule has 1 aliphatic heterocycles. The third-order valence-electron chi connectivity index (χ3n) is 5.70. The van der Waals surface area contributed by atoms with Crippen molar-refractivity contribution in [1.29, 1.82) is 0 Å². The van der Waals surface area contributed by atoms with Crippen LogP contribution in [-0.4, -0.2) is 52.9 Å². The van der Waals surface area contributed by atoms with Crippen LogP contribution in [0.5, 0.6) is 0 Å². The molecule has 0 saturated carbocycles. The number of thiazole rings is 1. The summed E-state index contributed by atoms with van der Waals surface area (Å²) in [6.45, 7) is 13.0. The number of hydrogen-bond donors (Lipinski definition) is 1. The van der Waals surface area contributed by atoms with Gasteiger partial charge in [0.15, 0.2) is 0 Å². The maximum atomic E-state index is 13.5. The summed E-state index contributed by atoms with van der Waals surface area (Å²) >= 11 is 6.66. The predicted octanol–water partition coefficient (Wildman–Crippen LogP) is 7.17. The summed E-state index contributed by atoms with van der Waals surface area (Å²) in [4.78, 5) is 35.7. The second-order valence-corrected chi connectivity index (χ2v) is 14.3. The topological polar surface area (TPSA) is 98.0 Å². The first-order valence-corrected chi connectivity index (χ1v) is 15.1. The van der Waals surface area contributed by atoms with Crippen LogP contribution in [0.25, 0.3) is 20.8 Å². The smallest absolute Gasteiger partial charge is 0.415 e. The molecule has 2 aromatic heterocycles. The van der Waals surface area contributed by atoms with Gasteiger partial charge in [-0.15, -0.1) is 22.7 Å². The number of carbonyl (C=O) groups excluding carboxylic acids is 2. The zero-order valence-corrected chi connectivity index (χ0v) is 25.9. The van der Waals surface area contributed by atoms with Crippen LogP contribution < -0.4 is 10.6 Å². The van der Waals surface area contributed by atoms with Gasteiger partial charge in [0, 0.05) is 28.0 Å². The van der Waals surface area contributed by atoms with E-state index in [1.54, 1.807) is 21.1 Å². The van der Waals surface area contributed by atoms with Crippen molar-refractivity contribution in [3.63, 3.8) is 0 Å². The summed E-state index contributed by atoms with van der Waals surface area (Å²) in [5.74, 6) is 0. The van der Waals surface area contributed by atoms with Crippen LogP contribution in [0, 0.1) is 0 Å². The number of thiophene rings is 1. The Hall–Kier alpha value is -2.21. The van der Waals surface area contributed by atoms with Crippen molar-refractivity contribution in [3.8, 4) is 10.6 Å². The molecule has 0 bridgehead atoms. The molecule has 4 rings (SSSR count). The van der Waals surface area contributed by atoms with Gasteiger partial charge in [-0.25, -0.2) is 14.6 Å². The zero-order valence-electron chi connectivity index (χ0n) is 22.7. The molecule has 2 amide bonds. The van der Waals surface area contributed by atoms with E-state index < -0.39 is 17.3 Å². The lowest BCUT2D eigenvalue weighted by molar-refractivity contribution is 0.0226. The van der Waals surface area contributed by atoms with Crippen molar-refractivity contribution in [2.45, 2.75) is 72.1 Å². The molecule has 0 fully saturated rings. The molecule has 8 nitrogen and oxygen atoms in total. The number of ether oxygens (including phenoxy) is 2. The Morgan fingerprint density at radius 1 is 1.13 bits per heavy atom. The average molecular weight is 624 g/mol. The predicted molar refractivity (Wildman–Crippen MR) is 158 cm³/mol. The Bertz CT molecular complexity index is 1340. The van der Waals surface area contributed by atoms with Crippen LogP contribution in [0.3, 0.4) is 0 Å². The van der Waals surface area contributed by atoms with Gasteiger partial charge in [-0.3, -0.25) is 4.90 Å². The molecule has 1 aliphatic rings. The van der Waals surface area contributed by atoms with E-state index >= 15 is 0 Å². The van der Waals surface area contributed by atoms with Gasteiger partial charge in [-0.1, -0.05) is 15.9 Å². The minimum absolute atomic E-state index is 0.336. The van der Waals surface area contributed by atoms with Crippen LogP contribution in [0.4, 0.5) is 14.6 Å². The Labute approximate surface area is 240 Å². The van der Waals surface area contributed by atoms with Crippen molar-refractivity contribution >= 4 is 66.0 Å². The first-order chi connectivity index (χ1) is 17.8. The first kappa shape index (κ1) is 28.8. The SMILES string of the molecule is CC(C)(C)OC(=O)N1CCc2c(sc(N(CCCN)C(=O)OC(C)(C)C)c2-c2nc3ccc(Br)cc3s2)C1. The third-order valence-corrected chi connectivity index (χ3v) is 8.47. The van der Waals surface area contributed by atoms with Crippen molar-refractivity contribution < 1.29 is 19.1 Å². The number of halogens is 1. The molecule has 0 atom stereocenters. The summed E-state index contributed by atoms with van der Waals surface area (Å²) in [6.07, 6.45) is 0.507. The summed E-state index contributed by atoms with van der Waals surface area (Å²) < 4.78 is 13.5. The molecule has 0 aliphatic carbocycles. The maximum absolute atomic E-state index is 13.5. The maximum Gasteiger partial charge on any atom is 0.415 e. The first-order valence-electron chi connectivity index (χ1n) is 12.7. The fourth-order valence-corrected chi connectivity index (χ4v) is 7.16. The minimum atomic E-state index is -0.648. The molecule has 1 aromatic carbocycles. The van der Waals surface area contributed by atoms with E-state index in [0.29, 0.717) is 39.0 Å². The molecule has 0 radical (unpaired) electrons. The summed E-state index contributed by atoms with van der Waals surface area (Å²) in [6, 6.07) is 6.02. The van der Waals surface area contributed by atoms with Gasteiger partial charge in [0.1, 0.15) is 21.2 Å². The van der Waals surface area contributed by atoms with E-state index in [-0.39, 0.29) is 6.09 Å². The number of rotatable bonds is 5. The molecule has 38 heavy (non-hydrogen) atoms. The van der Waals surface area contributed by atoms with E-state index in [0.717, 1.165) is 40.7 Å². The number of anilines is 1. The molecule has 0 spiro atoms. The van der Waals surface area contributed by atoms with E-state index in [4.69, 9.17) is 20.2 Å². The lowest BCUT2D eigenvalue weighted by Gasteiger charge is -2.30. The number of nitrogens with zero attached hydrogens (tertiary/aromatic N) is 3. The number of hydrogen-bond acceptors (Lipinski definition) is 8. The van der Waals surface area contributed by atoms with E-state index in [1.165, 1.54) is 11.3 Å². The molecule has 206 valence electrons. The van der Waals surface area contributed by atoms with Crippen molar-refractivity contribution in [3.05, 3.63) is 33.1 Å². The number of nitrogens with two attached hydrogens (primary N) is 1. The number of aromatic nitrogens is 1. The molecular weight excluding hydrogens is 588 g/mol. The van der Waals surface area contributed by atoms with Crippen molar-refractivity contribution in [2.75, 3.05) is 24.5 Å². The van der Waals surface area contributed by atoms with Gasteiger partial charge < -0.3 is 20.1 Å². The van der Waals surface area contributed by atoms with Gasteiger partial charge in [0.2, 0.25) is 0 Å². The van der Waals surface area contributed by atoms with E-state index in [9.17, 15) is 9.59 Å². The Balaban J connectivity index is 1.82. The van der Waals surface area contributed by atoms with Gasteiger partial charge in [-0.05, 0) is 84.7 Å². The van der Waals surface area contributed by atoms with Crippen LogP contribution in [0.2, 0.25) is 0 Å². The average Bonchev–Trinajstić information content (AvgIpc) is 3.37. The molecule has 0 saturated heterocycles. The van der Waals surface area contributed by atoms with Crippen molar-refractivity contribution in [2.24, 2.45) is 5.73 Å². The number of amides is 2. The molecule has 0 unspecified atom stereocenters. The van der Waals surface area contributed by atoms with E-state index in [1.807, 2.05) is 53.7 Å². The fourth-order valence-electron chi connectivity index (χ4n) is 4.13. The quantitative estimate of drug-likeness (QED) is 0.324. The Morgan fingerprint density at radius 2 is 1.84 bits per heavy atom. The normalized spacial score (nSPS) is 13.9. The highest BCUT2D eigenvalue weighted by Crippen LogP contribution is 2.48. The molecule has 3 aromatic rings. The highest BCUT2D eigenvalue weighted by atomic mass is 79.9. The highest BCUT2D eigenvalue weighted by molar-refractivity contribution is 9.10. The number of fused-ring (bicyclic) bond motifs is 2. The lowest BCUT2D eigenvalue weighted by Crippen LogP contribution is -2.39. The highest BCUT2D eigenvalue weighted by Gasteiger charge is 2.35. The zero-order chi connectivity index (χ0) is 27.8. The lowest BCUT2D eigenvalue weighted by atomic mass is 10.0. The van der Waals surface area contributed by atoms with Crippen LogP contribution in [-0.2, 0) is 22.4 Å².